The molecule has 1 amide bonds. The number of rotatable bonds is 3. The molecule has 1 atom stereocenters. The van der Waals surface area contributed by atoms with Gasteiger partial charge in [-0.1, -0.05) is 23.7 Å². The highest BCUT2D eigenvalue weighted by Gasteiger charge is 2.36. The van der Waals surface area contributed by atoms with E-state index in [0.717, 1.165) is 36.3 Å². The second-order valence-corrected chi connectivity index (χ2v) is 6.02. The highest BCUT2D eigenvalue weighted by Crippen LogP contribution is 2.37. The van der Waals surface area contributed by atoms with E-state index in [1.807, 2.05) is 18.7 Å². The largest absolute Gasteiger partial charge is 0.361 e. The van der Waals surface area contributed by atoms with Crippen LogP contribution in [-0.4, -0.2) is 32.3 Å². The summed E-state index contributed by atoms with van der Waals surface area (Å²) in [6.45, 7) is 4.65. The maximum Gasteiger partial charge on any atom is 0.276 e. The van der Waals surface area contributed by atoms with E-state index in [2.05, 4.69) is 10.3 Å². The summed E-state index contributed by atoms with van der Waals surface area (Å²) in [4.78, 5) is 14.7. The van der Waals surface area contributed by atoms with E-state index in [0.29, 0.717) is 17.3 Å². The fraction of sp³-hybridized carbons (Fsp3) is 0.533. The molecule has 1 fully saturated rings. The third kappa shape index (κ3) is 2.41. The SMILES string of the molecule is CCc1onc(C)c1[C@H]1CCCN1C(=O)c1nn(C)cc1Cl. The van der Waals surface area contributed by atoms with Crippen LogP contribution in [0.5, 0.6) is 0 Å². The van der Waals surface area contributed by atoms with Crippen molar-refractivity contribution in [2.24, 2.45) is 7.05 Å². The molecule has 1 saturated heterocycles. The van der Waals surface area contributed by atoms with Crippen molar-refractivity contribution in [2.45, 2.75) is 39.2 Å². The third-order valence-corrected chi connectivity index (χ3v) is 4.41. The smallest absolute Gasteiger partial charge is 0.276 e. The van der Waals surface area contributed by atoms with Gasteiger partial charge in [-0.25, -0.2) is 0 Å². The van der Waals surface area contributed by atoms with Gasteiger partial charge in [0.15, 0.2) is 5.69 Å². The van der Waals surface area contributed by atoms with Crippen molar-refractivity contribution < 1.29 is 9.32 Å². The summed E-state index contributed by atoms with van der Waals surface area (Å²) < 4.78 is 6.94. The van der Waals surface area contributed by atoms with E-state index < -0.39 is 0 Å². The Labute approximate surface area is 134 Å². The minimum Gasteiger partial charge on any atom is -0.361 e. The van der Waals surface area contributed by atoms with Crippen molar-refractivity contribution in [3.63, 3.8) is 0 Å². The lowest BCUT2D eigenvalue weighted by atomic mass is 10.0. The van der Waals surface area contributed by atoms with E-state index in [4.69, 9.17) is 16.1 Å². The topological polar surface area (TPSA) is 64.2 Å². The molecule has 3 rings (SSSR count). The van der Waals surface area contributed by atoms with Crippen LogP contribution >= 0.6 is 11.6 Å². The standard InChI is InChI=1S/C15H19ClN4O2/c1-4-12-13(9(2)18-22-12)11-6-5-7-20(11)15(21)14-10(16)8-19(3)17-14/h8,11H,4-7H2,1-3H3/t11-/m1/s1. The van der Waals surface area contributed by atoms with Gasteiger partial charge in [-0.2, -0.15) is 5.10 Å². The number of aryl methyl sites for hydroxylation is 3. The van der Waals surface area contributed by atoms with Gasteiger partial charge in [-0.3, -0.25) is 9.48 Å². The molecule has 2 aromatic heterocycles. The fourth-order valence-corrected chi connectivity index (χ4v) is 3.42. The Hall–Kier alpha value is -1.82. The summed E-state index contributed by atoms with van der Waals surface area (Å²) in [6.07, 6.45) is 4.26. The zero-order valence-corrected chi connectivity index (χ0v) is 13.7. The average Bonchev–Trinajstić information content (AvgIpc) is 3.16. The van der Waals surface area contributed by atoms with Gasteiger partial charge in [-0.15, -0.1) is 0 Å². The van der Waals surface area contributed by atoms with Crippen LogP contribution in [0.25, 0.3) is 0 Å². The Kier molecular flexibility index (Phi) is 3.95. The van der Waals surface area contributed by atoms with E-state index in [9.17, 15) is 4.79 Å². The van der Waals surface area contributed by atoms with Crippen LogP contribution in [0, 0.1) is 6.92 Å². The van der Waals surface area contributed by atoms with Gasteiger partial charge < -0.3 is 9.42 Å². The van der Waals surface area contributed by atoms with Crippen molar-refractivity contribution in [1.29, 1.82) is 0 Å². The number of amides is 1. The van der Waals surface area contributed by atoms with Crippen molar-refractivity contribution in [3.8, 4) is 0 Å². The minimum absolute atomic E-state index is 0.00762. The zero-order valence-electron chi connectivity index (χ0n) is 13.0. The average molecular weight is 323 g/mol. The lowest BCUT2D eigenvalue weighted by Crippen LogP contribution is -2.31. The van der Waals surface area contributed by atoms with Crippen LogP contribution < -0.4 is 0 Å². The number of nitrogens with zero attached hydrogens (tertiary/aromatic N) is 4. The molecule has 1 aliphatic rings. The van der Waals surface area contributed by atoms with Gasteiger partial charge in [0.05, 0.1) is 16.8 Å². The molecule has 0 unspecified atom stereocenters. The van der Waals surface area contributed by atoms with E-state index in [1.165, 1.54) is 0 Å². The highest BCUT2D eigenvalue weighted by molar-refractivity contribution is 6.33. The number of hydrogen-bond acceptors (Lipinski definition) is 4. The molecule has 0 radical (unpaired) electrons. The minimum atomic E-state index is -0.129. The third-order valence-electron chi connectivity index (χ3n) is 4.14. The number of carbonyl (C=O) groups is 1. The summed E-state index contributed by atoms with van der Waals surface area (Å²) in [5.74, 6) is 0.727. The van der Waals surface area contributed by atoms with Gasteiger partial charge in [0.2, 0.25) is 0 Å². The maximum absolute atomic E-state index is 12.8. The summed E-state index contributed by atoms with van der Waals surface area (Å²) >= 11 is 6.12. The molecule has 0 aliphatic carbocycles. The van der Waals surface area contributed by atoms with Gasteiger partial charge in [0, 0.05) is 31.8 Å². The molecule has 118 valence electrons. The van der Waals surface area contributed by atoms with Crippen LogP contribution in [0.3, 0.4) is 0 Å². The highest BCUT2D eigenvalue weighted by atomic mass is 35.5. The van der Waals surface area contributed by atoms with Crippen molar-refractivity contribution in [1.82, 2.24) is 19.8 Å². The first-order chi connectivity index (χ1) is 10.5. The fourth-order valence-electron chi connectivity index (χ4n) is 3.16. The number of halogens is 1. The monoisotopic (exact) mass is 322 g/mol. The van der Waals surface area contributed by atoms with Gasteiger partial charge >= 0.3 is 0 Å². The number of hydrogen-bond donors (Lipinski definition) is 0. The first kappa shape index (κ1) is 15.1. The van der Waals surface area contributed by atoms with Gasteiger partial charge in [0.25, 0.3) is 5.91 Å². The molecule has 3 heterocycles. The predicted octanol–water partition coefficient (Wildman–Crippen LogP) is 2.91. The molecule has 0 aromatic carbocycles. The van der Waals surface area contributed by atoms with Crippen molar-refractivity contribution >= 4 is 17.5 Å². The number of likely N-dealkylation sites (tertiary alicyclic amines) is 1. The molecular formula is C15H19ClN4O2. The molecule has 22 heavy (non-hydrogen) atoms. The molecule has 0 N–H and O–H groups in total. The summed E-state index contributed by atoms with van der Waals surface area (Å²) in [5.41, 5.74) is 2.21. The predicted molar refractivity (Wildman–Crippen MR) is 81.8 cm³/mol. The van der Waals surface area contributed by atoms with Crippen LogP contribution in [0.15, 0.2) is 10.7 Å². The molecular weight excluding hydrogens is 304 g/mol. The van der Waals surface area contributed by atoms with Gasteiger partial charge in [0.1, 0.15) is 5.76 Å². The Morgan fingerprint density at radius 1 is 1.55 bits per heavy atom. The Bertz CT molecular complexity index is 706. The normalized spacial score (nSPS) is 18.2. The summed E-state index contributed by atoms with van der Waals surface area (Å²) in [5, 5.41) is 8.64. The Morgan fingerprint density at radius 3 is 2.95 bits per heavy atom. The van der Waals surface area contributed by atoms with E-state index in [1.54, 1.807) is 17.9 Å². The zero-order chi connectivity index (χ0) is 15.9. The number of aromatic nitrogens is 3. The second-order valence-electron chi connectivity index (χ2n) is 5.61. The van der Waals surface area contributed by atoms with Crippen LogP contribution in [0.4, 0.5) is 0 Å². The molecule has 0 saturated carbocycles. The lowest BCUT2D eigenvalue weighted by molar-refractivity contribution is 0.0728. The van der Waals surface area contributed by atoms with Crippen molar-refractivity contribution in [3.05, 3.63) is 33.9 Å². The molecule has 2 aromatic rings. The van der Waals surface area contributed by atoms with E-state index in [-0.39, 0.29) is 11.9 Å². The van der Waals surface area contributed by atoms with Crippen molar-refractivity contribution in [2.75, 3.05) is 6.54 Å². The number of carbonyl (C=O) groups excluding carboxylic acids is 1. The van der Waals surface area contributed by atoms with Gasteiger partial charge in [-0.05, 0) is 19.8 Å². The first-order valence-corrected chi connectivity index (χ1v) is 7.85. The van der Waals surface area contributed by atoms with E-state index >= 15 is 0 Å². The second kappa shape index (κ2) is 5.76. The molecule has 0 spiro atoms. The quantitative estimate of drug-likeness (QED) is 0.871. The molecule has 1 aliphatic heterocycles. The molecule has 7 heteroatoms. The summed E-state index contributed by atoms with van der Waals surface area (Å²) in [7, 11) is 1.75. The van der Waals surface area contributed by atoms with Crippen LogP contribution in [0.2, 0.25) is 5.02 Å². The summed E-state index contributed by atoms with van der Waals surface area (Å²) in [6, 6.07) is -0.00762. The first-order valence-electron chi connectivity index (χ1n) is 7.48. The lowest BCUT2D eigenvalue weighted by Gasteiger charge is -2.24. The Balaban J connectivity index is 1.95. The maximum atomic E-state index is 12.8. The molecule has 6 nitrogen and oxygen atoms in total. The van der Waals surface area contributed by atoms with Crippen LogP contribution in [0.1, 0.15) is 53.3 Å². The van der Waals surface area contributed by atoms with Crippen LogP contribution in [-0.2, 0) is 13.5 Å². The Morgan fingerprint density at radius 2 is 2.32 bits per heavy atom. The molecule has 0 bridgehead atoms.